The molecule has 0 saturated heterocycles. The Hall–Kier alpha value is -1.51. The first-order chi connectivity index (χ1) is 9.10. The van der Waals surface area contributed by atoms with E-state index in [1.165, 1.54) is 5.56 Å². The van der Waals surface area contributed by atoms with Crippen LogP contribution in [0.1, 0.15) is 46.1 Å². The van der Waals surface area contributed by atoms with Crippen molar-refractivity contribution in [2.24, 2.45) is 0 Å². The molecule has 3 heteroatoms. The second kappa shape index (κ2) is 7.82. The molecule has 0 heterocycles. The molecule has 0 radical (unpaired) electrons. The van der Waals surface area contributed by atoms with Crippen LogP contribution < -0.4 is 10.6 Å². The van der Waals surface area contributed by atoms with E-state index in [4.69, 9.17) is 0 Å². The average Bonchev–Trinajstić information content (AvgIpc) is 2.44. The van der Waals surface area contributed by atoms with E-state index in [2.05, 4.69) is 43.5 Å². The summed E-state index contributed by atoms with van der Waals surface area (Å²) in [5.74, 6) is 0.0654. The van der Waals surface area contributed by atoms with E-state index >= 15 is 0 Å². The Morgan fingerprint density at radius 1 is 1.21 bits per heavy atom. The Morgan fingerprint density at radius 2 is 1.89 bits per heavy atom. The van der Waals surface area contributed by atoms with Gasteiger partial charge in [-0.2, -0.15) is 0 Å². The third kappa shape index (κ3) is 4.93. The molecule has 3 nitrogen and oxygen atoms in total. The van der Waals surface area contributed by atoms with E-state index in [0.717, 1.165) is 24.9 Å². The molecule has 0 aliphatic rings. The van der Waals surface area contributed by atoms with Gasteiger partial charge in [-0.25, -0.2) is 0 Å². The Morgan fingerprint density at radius 3 is 2.47 bits per heavy atom. The summed E-state index contributed by atoms with van der Waals surface area (Å²) in [5, 5.41) is 6.32. The zero-order valence-corrected chi connectivity index (χ0v) is 12.5. The zero-order chi connectivity index (χ0) is 14.3. The second-order valence-corrected chi connectivity index (χ2v) is 4.94. The number of hydrogen-bond donors (Lipinski definition) is 2. The number of benzene rings is 1. The van der Waals surface area contributed by atoms with Crippen molar-refractivity contribution < 1.29 is 4.79 Å². The van der Waals surface area contributed by atoms with Gasteiger partial charge in [0.05, 0.1) is 0 Å². The highest BCUT2D eigenvalue weighted by molar-refractivity contribution is 5.84. The molecule has 0 aromatic heterocycles. The number of anilines is 1. The highest BCUT2D eigenvalue weighted by Gasteiger charge is 2.15. The smallest absolute Gasteiger partial charge is 0.242 e. The molecule has 0 bridgehead atoms. The summed E-state index contributed by atoms with van der Waals surface area (Å²) < 4.78 is 0. The molecule has 1 aromatic rings. The van der Waals surface area contributed by atoms with Gasteiger partial charge in [0, 0.05) is 11.7 Å². The monoisotopic (exact) mass is 262 g/mol. The Balaban J connectivity index is 2.57. The molecule has 1 aromatic carbocycles. The molecule has 0 aliphatic carbocycles. The van der Waals surface area contributed by atoms with Crippen molar-refractivity contribution in [3.05, 3.63) is 29.8 Å². The van der Waals surface area contributed by atoms with Crippen LogP contribution in [0.3, 0.4) is 0 Å². The summed E-state index contributed by atoms with van der Waals surface area (Å²) in [6, 6.07) is 8.28. The van der Waals surface area contributed by atoms with Crippen LogP contribution in [0.15, 0.2) is 24.3 Å². The van der Waals surface area contributed by atoms with E-state index in [0.29, 0.717) is 0 Å². The van der Waals surface area contributed by atoms with Crippen LogP contribution in [-0.2, 0) is 11.2 Å². The molecule has 0 fully saturated rings. The van der Waals surface area contributed by atoms with Crippen LogP contribution in [0.5, 0.6) is 0 Å². The number of carbonyl (C=O) groups is 1. The second-order valence-electron chi connectivity index (χ2n) is 4.94. The van der Waals surface area contributed by atoms with Crippen LogP contribution in [0.4, 0.5) is 5.69 Å². The van der Waals surface area contributed by atoms with E-state index in [9.17, 15) is 4.79 Å². The predicted molar refractivity (Wildman–Crippen MR) is 81.4 cm³/mol. The first-order valence-corrected chi connectivity index (χ1v) is 7.26. The SMILES string of the molecule is CCc1cccc(NC(C)C(=O)NC(CC)CC)c1. The number of hydrogen-bond acceptors (Lipinski definition) is 2. The molecule has 19 heavy (non-hydrogen) atoms. The lowest BCUT2D eigenvalue weighted by atomic mass is 10.1. The quantitative estimate of drug-likeness (QED) is 0.791. The summed E-state index contributed by atoms with van der Waals surface area (Å²) in [5.41, 5.74) is 2.28. The number of amides is 1. The van der Waals surface area contributed by atoms with E-state index in [1.54, 1.807) is 0 Å². The van der Waals surface area contributed by atoms with Gasteiger partial charge in [-0.3, -0.25) is 4.79 Å². The maximum absolute atomic E-state index is 12.1. The summed E-state index contributed by atoms with van der Waals surface area (Å²) in [6.45, 7) is 8.22. The lowest BCUT2D eigenvalue weighted by molar-refractivity contribution is -0.122. The number of nitrogens with one attached hydrogen (secondary N) is 2. The summed E-state index contributed by atoms with van der Waals surface area (Å²) >= 11 is 0. The van der Waals surface area contributed by atoms with Gasteiger partial charge in [0.25, 0.3) is 0 Å². The fourth-order valence-corrected chi connectivity index (χ4v) is 2.02. The first kappa shape index (κ1) is 15.5. The molecule has 0 spiro atoms. The van der Waals surface area contributed by atoms with Crippen molar-refractivity contribution in [2.45, 2.75) is 59.0 Å². The number of rotatable bonds is 7. The van der Waals surface area contributed by atoms with Crippen LogP contribution in [0, 0.1) is 0 Å². The van der Waals surface area contributed by atoms with Crippen molar-refractivity contribution in [2.75, 3.05) is 5.32 Å². The normalized spacial score (nSPS) is 12.3. The predicted octanol–water partition coefficient (Wildman–Crippen LogP) is 3.35. The summed E-state index contributed by atoms with van der Waals surface area (Å²) in [7, 11) is 0. The van der Waals surface area contributed by atoms with Crippen molar-refractivity contribution in [3.63, 3.8) is 0 Å². The topological polar surface area (TPSA) is 41.1 Å². The zero-order valence-electron chi connectivity index (χ0n) is 12.5. The third-order valence-corrected chi connectivity index (χ3v) is 3.44. The van der Waals surface area contributed by atoms with Gasteiger partial charge in [0.2, 0.25) is 5.91 Å². The average molecular weight is 262 g/mol. The molecule has 2 N–H and O–H groups in total. The highest BCUT2D eigenvalue weighted by atomic mass is 16.2. The maximum Gasteiger partial charge on any atom is 0.242 e. The lowest BCUT2D eigenvalue weighted by Crippen LogP contribution is -2.42. The molecule has 1 amide bonds. The first-order valence-electron chi connectivity index (χ1n) is 7.26. The van der Waals surface area contributed by atoms with Gasteiger partial charge in [-0.15, -0.1) is 0 Å². The molecule has 1 unspecified atom stereocenters. The van der Waals surface area contributed by atoms with Crippen molar-refractivity contribution in [3.8, 4) is 0 Å². The molecule has 0 saturated carbocycles. The fraction of sp³-hybridized carbons (Fsp3) is 0.562. The minimum atomic E-state index is -0.215. The minimum Gasteiger partial charge on any atom is -0.374 e. The third-order valence-electron chi connectivity index (χ3n) is 3.44. The highest BCUT2D eigenvalue weighted by Crippen LogP contribution is 2.12. The molecule has 106 valence electrons. The molecular weight excluding hydrogens is 236 g/mol. The van der Waals surface area contributed by atoms with Crippen LogP contribution in [-0.4, -0.2) is 18.0 Å². The largest absolute Gasteiger partial charge is 0.374 e. The van der Waals surface area contributed by atoms with Crippen molar-refractivity contribution in [1.82, 2.24) is 5.32 Å². The van der Waals surface area contributed by atoms with Gasteiger partial charge in [0.15, 0.2) is 0 Å². The van der Waals surface area contributed by atoms with Crippen LogP contribution >= 0.6 is 0 Å². The molecular formula is C16H26N2O. The number of carbonyl (C=O) groups excluding carboxylic acids is 1. The maximum atomic E-state index is 12.1. The lowest BCUT2D eigenvalue weighted by Gasteiger charge is -2.20. The van der Waals surface area contributed by atoms with E-state index in [1.807, 2.05) is 19.1 Å². The van der Waals surface area contributed by atoms with Gasteiger partial charge in [0.1, 0.15) is 6.04 Å². The number of aryl methyl sites for hydroxylation is 1. The summed E-state index contributed by atoms with van der Waals surface area (Å²) in [4.78, 5) is 12.1. The van der Waals surface area contributed by atoms with Crippen LogP contribution in [0.2, 0.25) is 0 Å². The van der Waals surface area contributed by atoms with Crippen molar-refractivity contribution in [1.29, 1.82) is 0 Å². The molecule has 1 atom stereocenters. The molecule has 1 rings (SSSR count). The van der Waals surface area contributed by atoms with Gasteiger partial charge < -0.3 is 10.6 Å². The van der Waals surface area contributed by atoms with Gasteiger partial charge in [-0.05, 0) is 43.9 Å². The summed E-state index contributed by atoms with van der Waals surface area (Å²) in [6.07, 6.45) is 2.95. The van der Waals surface area contributed by atoms with E-state index in [-0.39, 0.29) is 18.0 Å². The van der Waals surface area contributed by atoms with Gasteiger partial charge in [-0.1, -0.05) is 32.9 Å². The minimum absolute atomic E-state index is 0.0654. The van der Waals surface area contributed by atoms with E-state index < -0.39 is 0 Å². The Labute approximate surface area is 116 Å². The van der Waals surface area contributed by atoms with Crippen molar-refractivity contribution >= 4 is 11.6 Å². The standard InChI is InChI=1S/C16H26N2O/c1-5-13-9-8-10-15(11-13)17-12(4)16(19)18-14(6-2)7-3/h8-12,14,17H,5-7H2,1-4H3,(H,18,19). The molecule has 0 aliphatic heterocycles. The van der Waals surface area contributed by atoms with Gasteiger partial charge >= 0.3 is 0 Å². The Kier molecular flexibility index (Phi) is 6.40. The fourth-order valence-electron chi connectivity index (χ4n) is 2.02. The Bertz CT molecular complexity index is 399. The van der Waals surface area contributed by atoms with Crippen LogP contribution in [0.25, 0.3) is 0 Å².